The second-order valence-corrected chi connectivity index (χ2v) is 3.42. The van der Waals surface area contributed by atoms with E-state index >= 15 is 0 Å². The van der Waals surface area contributed by atoms with Crippen LogP contribution in [-0.4, -0.2) is 17.4 Å². The summed E-state index contributed by atoms with van der Waals surface area (Å²) >= 11 is 0. The first-order valence-corrected chi connectivity index (χ1v) is 5.69. The quantitative estimate of drug-likeness (QED) is 0.630. The molecular weight excluding hydrogens is 222 g/mol. The maximum Gasteiger partial charge on any atom is 0.349 e. The molecule has 5 nitrogen and oxygen atoms in total. The Morgan fingerprint density at radius 2 is 2.18 bits per heavy atom. The molecule has 94 valence electrons. The maximum atomic E-state index is 11.7. The average molecular weight is 239 g/mol. The molecule has 0 aliphatic carbocycles. The van der Waals surface area contributed by atoms with E-state index in [0.717, 1.165) is 0 Å². The van der Waals surface area contributed by atoms with Gasteiger partial charge in [-0.1, -0.05) is 19.0 Å². The van der Waals surface area contributed by atoms with E-state index in [9.17, 15) is 9.90 Å². The van der Waals surface area contributed by atoms with E-state index in [4.69, 9.17) is 9.25 Å². The van der Waals surface area contributed by atoms with Crippen molar-refractivity contribution in [2.75, 3.05) is 6.61 Å². The Morgan fingerprint density at radius 3 is 2.65 bits per heavy atom. The van der Waals surface area contributed by atoms with Crippen LogP contribution in [0.15, 0.2) is 20.4 Å². The van der Waals surface area contributed by atoms with Crippen LogP contribution in [0.1, 0.15) is 38.5 Å². The molecule has 1 N–H and O–H groups in total. The van der Waals surface area contributed by atoms with E-state index in [1.165, 1.54) is 6.07 Å². The van der Waals surface area contributed by atoms with Crippen LogP contribution < -0.4 is 5.63 Å². The number of aromatic hydroxyl groups is 1. The van der Waals surface area contributed by atoms with Gasteiger partial charge in [-0.3, -0.25) is 0 Å². The average Bonchev–Trinajstić information content (AvgIpc) is 2.32. The van der Waals surface area contributed by atoms with Gasteiger partial charge in [-0.15, -0.1) is 0 Å². The minimum absolute atomic E-state index is 0.0816. The van der Waals surface area contributed by atoms with Crippen molar-refractivity contribution in [1.29, 1.82) is 0 Å². The van der Waals surface area contributed by atoms with Crippen molar-refractivity contribution in [3.8, 4) is 5.75 Å². The van der Waals surface area contributed by atoms with Gasteiger partial charge in [-0.2, -0.15) is 0 Å². The van der Waals surface area contributed by atoms with Crippen molar-refractivity contribution < 1.29 is 14.4 Å². The first-order chi connectivity index (χ1) is 8.13. The molecule has 0 aliphatic heterocycles. The van der Waals surface area contributed by atoms with Crippen molar-refractivity contribution in [2.45, 2.75) is 33.6 Å². The number of oxime groups is 1. The molecule has 0 saturated heterocycles. The van der Waals surface area contributed by atoms with E-state index in [1.54, 1.807) is 6.92 Å². The van der Waals surface area contributed by atoms with Gasteiger partial charge in [-0.05, 0) is 13.3 Å². The zero-order valence-electron chi connectivity index (χ0n) is 10.3. The zero-order valence-corrected chi connectivity index (χ0v) is 10.3. The molecule has 0 spiro atoms. The van der Waals surface area contributed by atoms with Crippen LogP contribution in [0.25, 0.3) is 0 Å². The molecular formula is C12H17NO4. The molecule has 0 aromatic carbocycles. The Kier molecular flexibility index (Phi) is 4.75. The van der Waals surface area contributed by atoms with Gasteiger partial charge in [-0.25, -0.2) is 4.79 Å². The summed E-state index contributed by atoms with van der Waals surface area (Å²) in [5.41, 5.74) is -0.110. The lowest BCUT2D eigenvalue weighted by molar-refractivity contribution is 0.158. The summed E-state index contributed by atoms with van der Waals surface area (Å²) in [5, 5.41) is 13.6. The predicted molar refractivity (Wildman–Crippen MR) is 64.5 cm³/mol. The summed E-state index contributed by atoms with van der Waals surface area (Å²) in [6.45, 7) is 5.86. The van der Waals surface area contributed by atoms with Gasteiger partial charge in [0.2, 0.25) is 0 Å². The minimum atomic E-state index is -0.581. The van der Waals surface area contributed by atoms with Crippen LogP contribution in [-0.2, 0) is 11.3 Å². The first-order valence-electron chi connectivity index (χ1n) is 5.69. The molecule has 1 rings (SSSR count). The summed E-state index contributed by atoms with van der Waals surface area (Å²) in [5.74, 6) is 0.335. The third kappa shape index (κ3) is 3.09. The van der Waals surface area contributed by atoms with Crippen LogP contribution in [0.2, 0.25) is 0 Å². The van der Waals surface area contributed by atoms with E-state index < -0.39 is 5.63 Å². The summed E-state index contributed by atoms with van der Waals surface area (Å²) in [4.78, 5) is 16.6. The number of rotatable bonds is 5. The SMILES string of the molecule is CCON=C(CC)c1c(O)cc(CC)oc1=O. The lowest BCUT2D eigenvalue weighted by Gasteiger charge is -2.06. The number of aryl methyl sites for hydroxylation is 1. The summed E-state index contributed by atoms with van der Waals surface area (Å²) in [6, 6.07) is 1.44. The summed E-state index contributed by atoms with van der Waals surface area (Å²) in [7, 11) is 0. The van der Waals surface area contributed by atoms with Gasteiger partial charge in [0.25, 0.3) is 0 Å². The Bertz CT molecular complexity index is 462. The molecule has 0 radical (unpaired) electrons. The van der Waals surface area contributed by atoms with E-state index in [-0.39, 0.29) is 11.3 Å². The molecule has 0 fully saturated rings. The van der Waals surface area contributed by atoms with Gasteiger partial charge in [0.15, 0.2) is 0 Å². The third-order valence-corrected chi connectivity index (χ3v) is 2.26. The van der Waals surface area contributed by atoms with Crippen LogP contribution >= 0.6 is 0 Å². The molecule has 0 atom stereocenters. The fraction of sp³-hybridized carbons (Fsp3) is 0.500. The van der Waals surface area contributed by atoms with Gasteiger partial charge >= 0.3 is 5.63 Å². The number of nitrogens with zero attached hydrogens (tertiary/aromatic N) is 1. The largest absolute Gasteiger partial charge is 0.507 e. The van der Waals surface area contributed by atoms with Crippen molar-refractivity contribution >= 4 is 5.71 Å². The normalized spacial score (nSPS) is 11.6. The van der Waals surface area contributed by atoms with Crippen molar-refractivity contribution in [3.05, 3.63) is 27.8 Å². The van der Waals surface area contributed by atoms with Gasteiger partial charge in [0.1, 0.15) is 23.7 Å². The van der Waals surface area contributed by atoms with Crippen molar-refractivity contribution in [2.24, 2.45) is 5.16 Å². The molecule has 0 aliphatic rings. The molecule has 0 unspecified atom stereocenters. The lowest BCUT2D eigenvalue weighted by atomic mass is 10.1. The summed E-state index contributed by atoms with van der Waals surface area (Å²) < 4.78 is 5.05. The molecule has 1 heterocycles. The monoisotopic (exact) mass is 239 g/mol. The highest BCUT2D eigenvalue weighted by Crippen LogP contribution is 2.17. The Morgan fingerprint density at radius 1 is 1.47 bits per heavy atom. The predicted octanol–water partition coefficient (Wildman–Crippen LogP) is 2.06. The number of hydrogen-bond donors (Lipinski definition) is 1. The minimum Gasteiger partial charge on any atom is -0.507 e. The number of hydrogen-bond acceptors (Lipinski definition) is 5. The Balaban J connectivity index is 3.25. The molecule has 1 aromatic rings. The van der Waals surface area contributed by atoms with Crippen LogP contribution in [0, 0.1) is 0 Å². The first kappa shape index (κ1) is 13.3. The molecule has 1 aromatic heterocycles. The van der Waals surface area contributed by atoms with Crippen LogP contribution in [0.5, 0.6) is 5.75 Å². The fourth-order valence-electron chi connectivity index (χ4n) is 1.40. The second-order valence-electron chi connectivity index (χ2n) is 3.42. The van der Waals surface area contributed by atoms with Crippen LogP contribution in [0.3, 0.4) is 0 Å². The highest BCUT2D eigenvalue weighted by atomic mass is 16.6. The highest BCUT2D eigenvalue weighted by molar-refractivity contribution is 6.01. The molecule has 0 bridgehead atoms. The third-order valence-electron chi connectivity index (χ3n) is 2.26. The standard InChI is InChI=1S/C12H17NO4/c1-4-8-7-10(14)11(12(15)17-8)9(5-2)13-16-6-3/h7,14H,4-6H2,1-3H3. The molecule has 5 heteroatoms. The van der Waals surface area contributed by atoms with E-state index in [0.29, 0.717) is 30.9 Å². The molecule has 0 amide bonds. The molecule has 0 saturated carbocycles. The Labute approximate surface area is 99.7 Å². The Hall–Kier alpha value is -1.78. The molecule has 17 heavy (non-hydrogen) atoms. The van der Waals surface area contributed by atoms with Crippen molar-refractivity contribution in [1.82, 2.24) is 0 Å². The van der Waals surface area contributed by atoms with Gasteiger partial charge in [0, 0.05) is 12.5 Å². The maximum absolute atomic E-state index is 11.7. The van der Waals surface area contributed by atoms with Gasteiger partial charge < -0.3 is 14.4 Å². The van der Waals surface area contributed by atoms with Gasteiger partial charge in [0.05, 0.1) is 5.71 Å². The lowest BCUT2D eigenvalue weighted by Crippen LogP contribution is -2.15. The fourth-order valence-corrected chi connectivity index (χ4v) is 1.40. The van der Waals surface area contributed by atoms with Crippen LogP contribution in [0.4, 0.5) is 0 Å². The second kappa shape index (κ2) is 6.08. The zero-order chi connectivity index (χ0) is 12.8. The summed E-state index contributed by atoms with van der Waals surface area (Å²) in [6.07, 6.45) is 1.02. The topological polar surface area (TPSA) is 72.0 Å². The van der Waals surface area contributed by atoms with Crippen molar-refractivity contribution in [3.63, 3.8) is 0 Å². The van der Waals surface area contributed by atoms with E-state index in [2.05, 4.69) is 5.16 Å². The highest BCUT2D eigenvalue weighted by Gasteiger charge is 2.16. The van der Waals surface area contributed by atoms with E-state index in [1.807, 2.05) is 13.8 Å². The smallest absolute Gasteiger partial charge is 0.349 e.